The van der Waals surface area contributed by atoms with Crippen molar-refractivity contribution in [3.05, 3.63) is 96.2 Å². The van der Waals surface area contributed by atoms with E-state index in [0.29, 0.717) is 28.7 Å². The van der Waals surface area contributed by atoms with Gasteiger partial charge in [0.2, 0.25) is 0 Å². The summed E-state index contributed by atoms with van der Waals surface area (Å²) in [5.41, 5.74) is 1.88. The largest absolute Gasteiger partial charge is 0.461 e. The van der Waals surface area contributed by atoms with Crippen LogP contribution >= 0.6 is 0 Å². The topological polar surface area (TPSA) is 96.5 Å². The molecule has 2 aliphatic heterocycles. The molecule has 0 saturated carbocycles. The van der Waals surface area contributed by atoms with Crippen molar-refractivity contribution >= 4 is 17.9 Å². The lowest BCUT2D eigenvalue weighted by Gasteiger charge is -2.19. The highest BCUT2D eigenvalue weighted by Crippen LogP contribution is 2.26. The lowest BCUT2D eigenvalue weighted by molar-refractivity contribution is -0.803. The molecule has 32 heavy (non-hydrogen) atoms. The van der Waals surface area contributed by atoms with E-state index in [1.54, 1.807) is 31.5 Å². The molecule has 0 aliphatic carbocycles. The van der Waals surface area contributed by atoms with Crippen LogP contribution in [-0.2, 0) is 5.60 Å². The van der Waals surface area contributed by atoms with Gasteiger partial charge < -0.3 is 9.52 Å². The molecule has 7 heteroatoms. The SMILES string of the molecule is CC(O)(C#CC1=C[N+]2(N)N=C(c3ccco3)N=C2C=N1)c1ccc(-c2ccccc2)cc1. The Balaban J connectivity index is 1.38. The van der Waals surface area contributed by atoms with Gasteiger partial charge in [-0.15, -0.1) is 5.84 Å². The summed E-state index contributed by atoms with van der Waals surface area (Å²) in [4.78, 5) is 8.68. The normalized spacial score (nSPS) is 20.9. The molecule has 2 unspecified atom stereocenters. The van der Waals surface area contributed by atoms with Crippen molar-refractivity contribution in [2.45, 2.75) is 12.5 Å². The Kier molecular flexibility index (Phi) is 4.68. The summed E-state index contributed by atoms with van der Waals surface area (Å²) in [6, 6.07) is 21.3. The Hall–Kier alpha value is -4.09. The van der Waals surface area contributed by atoms with E-state index in [-0.39, 0.29) is 0 Å². The van der Waals surface area contributed by atoms with E-state index in [4.69, 9.17) is 10.3 Å². The smallest absolute Gasteiger partial charge is 0.300 e. The Morgan fingerprint density at radius 2 is 1.75 bits per heavy atom. The molecular weight excluding hydrogens is 402 g/mol. The van der Waals surface area contributed by atoms with Crippen LogP contribution in [-0.4, -0.2) is 27.7 Å². The molecule has 7 nitrogen and oxygen atoms in total. The minimum atomic E-state index is -1.37. The number of furan rings is 1. The maximum Gasteiger partial charge on any atom is 0.300 e. The average molecular weight is 422 g/mol. The predicted molar refractivity (Wildman–Crippen MR) is 123 cm³/mol. The summed E-state index contributed by atoms with van der Waals surface area (Å²) in [7, 11) is 0. The number of nitrogens with two attached hydrogens (primary N) is 1. The number of hydrogen-bond donors (Lipinski definition) is 2. The van der Waals surface area contributed by atoms with Crippen LogP contribution in [0, 0.1) is 11.8 Å². The quantitative estimate of drug-likeness (QED) is 0.384. The minimum absolute atomic E-state index is 0.384. The number of quaternary nitrogens is 1. The van der Waals surface area contributed by atoms with E-state index in [1.807, 2.05) is 54.6 Å². The van der Waals surface area contributed by atoms with Gasteiger partial charge in [0.1, 0.15) is 11.8 Å². The van der Waals surface area contributed by atoms with Crippen LogP contribution in [0.3, 0.4) is 0 Å². The van der Waals surface area contributed by atoms with Gasteiger partial charge in [-0.1, -0.05) is 60.5 Å². The lowest BCUT2D eigenvalue weighted by Crippen LogP contribution is -2.50. The van der Waals surface area contributed by atoms with Crippen LogP contribution in [0.15, 0.2) is 104 Å². The maximum atomic E-state index is 10.9. The second-order valence-corrected chi connectivity index (χ2v) is 7.65. The van der Waals surface area contributed by atoms with Crippen LogP contribution in [0.25, 0.3) is 11.1 Å². The van der Waals surface area contributed by atoms with Crippen molar-refractivity contribution in [1.82, 2.24) is 0 Å². The fraction of sp³-hybridized carbons (Fsp3) is 0.0800. The summed E-state index contributed by atoms with van der Waals surface area (Å²) >= 11 is 0. The number of amidine groups is 2. The molecule has 1 aromatic heterocycles. The van der Waals surface area contributed by atoms with Gasteiger partial charge in [-0.3, -0.25) is 0 Å². The van der Waals surface area contributed by atoms with Gasteiger partial charge >= 0.3 is 0 Å². The molecule has 0 bridgehead atoms. The van der Waals surface area contributed by atoms with Crippen LogP contribution in [0.2, 0.25) is 0 Å². The highest BCUT2D eigenvalue weighted by atomic mass is 16.3. The van der Waals surface area contributed by atoms with Gasteiger partial charge in [-0.05, 0) is 51.5 Å². The van der Waals surface area contributed by atoms with Gasteiger partial charge in [-0.2, -0.15) is 4.99 Å². The second-order valence-electron chi connectivity index (χ2n) is 7.65. The molecule has 2 aromatic carbocycles. The first kappa shape index (κ1) is 19.8. The zero-order chi connectivity index (χ0) is 22.2. The Morgan fingerprint density at radius 3 is 2.47 bits per heavy atom. The summed E-state index contributed by atoms with van der Waals surface area (Å²) in [6.45, 7) is 1.65. The summed E-state index contributed by atoms with van der Waals surface area (Å²) < 4.78 is 4.94. The Bertz CT molecular complexity index is 1340. The molecule has 0 saturated heterocycles. The monoisotopic (exact) mass is 422 g/mol. The van der Waals surface area contributed by atoms with E-state index in [1.165, 1.54) is 6.21 Å². The average Bonchev–Trinajstić information content (AvgIpc) is 3.46. The number of allylic oxidation sites excluding steroid dienone is 1. The fourth-order valence-electron chi connectivity index (χ4n) is 3.43. The van der Waals surface area contributed by atoms with Crippen molar-refractivity contribution in [2.75, 3.05) is 0 Å². The van der Waals surface area contributed by atoms with Crippen LogP contribution in [0.1, 0.15) is 18.2 Å². The predicted octanol–water partition coefficient (Wildman–Crippen LogP) is 3.55. The molecule has 3 aromatic rings. The fourth-order valence-corrected chi connectivity index (χ4v) is 3.43. The Labute approximate surface area is 185 Å². The number of fused-ring (bicyclic) bond motifs is 1. The highest BCUT2D eigenvalue weighted by molar-refractivity contribution is 6.31. The first-order chi connectivity index (χ1) is 15.4. The standard InChI is InChI=1S/C25H20N5O2/c1-25(31,20-11-9-19(10-12-20)18-6-3-2-4-7-18)14-13-21-17-30(26)23(16-27-21)28-24(29-30)22-8-5-15-32-22/h2-12,15-17,31H,26H2,1H3/q+1. The number of rotatable bonds is 3. The third-order valence-corrected chi connectivity index (χ3v) is 5.22. The summed E-state index contributed by atoms with van der Waals surface area (Å²) in [5, 5.41) is 15.4. The first-order valence-corrected chi connectivity index (χ1v) is 10.0. The third-order valence-electron chi connectivity index (χ3n) is 5.22. The molecule has 3 heterocycles. The molecule has 3 N–H and O–H groups in total. The number of nitrogens with zero attached hydrogens (tertiary/aromatic N) is 4. The van der Waals surface area contributed by atoms with Crippen LogP contribution < -0.4 is 5.84 Å². The molecule has 2 atom stereocenters. The molecular formula is C25H20N5O2+. The van der Waals surface area contributed by atoms with Gasteiger partial charge in [0.05, 0.1) is 6.26 Å². The summed E-state index contributed by atoms with van der Waals surface area (Å²) in [5.74, 6) is 13.5. The van der Waals surface area contributed by atoms with E-state index >= 15 is 0 Å². The molecule has 5 rings (SSSR count). The summed E-state index contributed by atoms with van der Waals surface area (Å²) in [6.07, 6.45) is 4.65. The van der Waals surface area contributed by atoms with Crippen LogP contribution in [0.4, 0.5) is 0 Å². The molecule has 156 valence electrons. The van der Waals surface area contributed by atoms with Crippen molar-refractivity contribution in [3.63, 3.8) is 0 Å². The number of hydrogen-bond acceptors (Lipinski definition) is 6. The molecule has 0 amide bonds. The number of aliphatic hydroxyl groups is 1. The highest BCUT2D eigenvalue weighted by Gasteiger charge is 2.39. The molecule has 0 radical (unpaired) electrons. The lowest BCUT2D eigenvalue weighted by atomic mass is 9.94. The molecule has 0 spiro atoms. The Morgan fingerprint density at radius 1 is 1.00 bits per heavy atom. The first-order valence-electron chi connectivity index (χ1n) is 10.0. The number of benzene rings is 2. The maximum absolute atomic E-state index is 10.9. The second kappa shape index (κ2) is 7.55. The zero-order valence-electron chi connectivity index (χ0n) is 17.3. The van der Waals surface area contributed by atoms with E-state index < -0.39 is 10.3 Å². The zero-order valence-corrected chi connectivity index (χ0v) is 17.3. The van der Waals surface area contributed by atoms with E-state index in [9.17, 15) is 5.11 Å². The van der Waals surface area contributed by atoms with Gasteiger partial charge in [0, 0.05) is 0 Å². The third kappa shape index (κ3) is 3.70. The number of aliphatic imine (C=N–C) groups is 2. The van der Waals surface area contributed by atoms with E-state index in [0.717, 1.165) is 11.1 Å². The van der Waals surface area contributed by atoms with Gasteiger partial charge in [0.25, 0.3) is 11.7 Å². The van der Waals surface area contributed by atoms with Crippen molar-refractivity contribution in [2.24, 2.45) is 20.9 Å². The molecule has 0 fully saturated rings. The van der Waals surface area contributed by atoms with Crippen molar-refractivity contribution < 1.29 is 14.2 Å². The van der Waals surface area contributed by atoms with Crippen molar-refractivity contribution in [1.29, 1.82) is 0 Å². The van der Waals surface area contributed by atoms with Crippen LogP contribution in [0.5, 0.6) is 0 Å². The van der Waals surface area contributed by atoms with Gasteiger partial charge in [0.15, 0.2) is 17.7 Å². The van der Waals surface area contributed by atoms with E-state index in [2.05, 4.69) is 26.9 Å². The minimum Gasteiger partial charge on any atom is -0.461 e. The molecule has 2 aliphatic rings. The van der Waals surface area contributed by atoms with Gasteiger partial charge in [-0.25, -0.2) is 4.99 Å². The van der Waals surface area contributed by atoms with Crippen molar-refractivity contribution in [3.8, 4) is 23.0 Å².